The van der Waals surface area contributed by atoms with Crippen LogP contribution in [0.5, 0.6) is 0 Å². The molecule has 0 amide bonds. The molecule has 0 saturated heterocycles. The number of nitrogens with zero attached hydrogens (tertiary/aromatic N) is 1. The van der Waals surface area contributed by atoms with Crippen LogP contribution >= 0.6 is 0 Å². The minimum absolute atomic E-state index is 0.121. The normalized spacial score (nSPS) is 20.4. The van der Waals surface area contributed by atoms with Crippen LogP contribution in [-0.2, 0) is 0 Å². The van der Waals surface area contributed by atoms with E-state index in [0.717, 1.165) is 5.56 Å². The van der Waals surface area contributed by atoms with Gasteiger partial charge in [0.25, 0.3) is 0 Å². The average Bonchev–Trinajstić information content (AvgIpc) is 2.89. The average molecular weight is 192 g/mol. The second kappa shape index (κ2) is 3.22. The Kier molecular flexibility index (Phi) is 2.17. The Morgan fingerprint density at radius 1 is 1.57 bits per heavy atom. The van der Waals surface area contributed by atoms with E-state index >= 15 is 0 Å². The Morgan fingerprint density at radius 3 is 2.79 bits per heavy atom. The molecule has 1 aromatic rings. The molecule has 76 valence electrons. The molecular weight excluding hydrogens is 176 g/mol. The third kappa shape index (κ3) is 1.47. The quantitative estimate of drug-likeness (QED) is 0.492. The first-order valence-corrected chi connectivity index (χ1v) is 4.84. The van der Waals surface area contributed by atoms with Gasteiger partial charge in [-0.1, -0.05) is 13.0 Å². The van der Waals surface area contributed by atoms with Gasteiger partial charge in [0.05, 0.1) is 6.04 Å². The SMILES string of the molecule is CC1(C(NN)c2cccnc2N)CC1. The van der Waals surface area contributed by atoms with Crippen LogP contribution in [0.15, 0.2) is 18.3 Å². The fraction of sp³-hybridized carbons (Fsp3) is 0.500. The number of aromatic nitrogens is 1. The summed E-state index contributed by atoms with van der Waals surface area (Å²) in [6.07, 6.45) is 4.08. The van der Waals surface area contributed by atoms with Crippen molar-refractivity contribution >= 4 is 5.82 Å². The highest BCUT2D eigenvalue weighted by Crippen LogP contribution is 2.54. The zero-order chi connectivity index (χ0) is 10.2. The molecule has 4 nitrogen and oxygen atoms in total. The van der Waals surface area contributed by atoms with Crippen LogP contribution < -0.4 is 17.0 Å². The molecule has 1 aromatic heterocycles. The summed E-state index contributed by atoms with van der Waals surface area (Å²) >= 11 is 0. The van der Waals surface area contributed by atoms with Crippen LogP contribution in [0.1, 0.15) is 31.4 Å². The van der Waals surface area contributed by atoms with Gasteiger partial charge in [-0.05, 0) is 24.3 Å². The van der Waals surface area contributed by atoms with Crippen LogP contribution in [0.2, 0.25) is 0 Å². The maximum Gasteiger partial charge on any atom is 0.128 e. The highest BCUT2D eigenvalue weighted by Gasteiger charge is 2.45. The van der Waals surface area contributed by atoms with Gasteiger partial charge in [-0.15, -0.1) is 0 Å². The standard InChI is InChI=1S/C10H16N4/c1-10(4-5-10)8(14-12)7-3-2-6-13-9(7)11/h2-3,6,8,14H,4-5,12H2,1H3,(H2,11,13). The van der Waals surface area contributed by atoms with Crippen molar-refractivity contribution in [3.63, 3.8) is 0 Å². The Balaban J connectivity index is 2.32. The Labute approximate surface area is 83.7 Å². The lowest BCUT2D eigenvalue weighted by Crippen LogP contribution is -2.34. The number of pyridine rings is 1. The molecule has 1 fully saturated rings. The van der Waals surface area contributed by atoms with Gasteiger partial charge in [-0.25, -0.2) is 4.98 Å². The summed E-state index contributed by atoms with van der Waals surface area (Å²) < 4.78 is 0. The molecule has 14 heavy (non-hydrogen) atoms. The number of nitrogen functional groups attached to an aromatic ring is 1. The molecule has 1 aliphatic carbocycles. The fourth-order valence-corrected chi connectivity index (χ4v) is 1.83. The molecule has 1 atom stereocenters. The number of anilines is 1. The van der Waals surface area contributed by atoms with Gasteiger partial charge >= 0.3 is 0 Å². The number of hydrogen-bond acceptors (Lipinski definition) is 4. The molecule has 0 spiro atoms. The first-order chi connectivity index (χ1) is 6.67. The second-order valence-corrected chi connectivity index (χ2v) is 4.23. The lowest BCUT2D eigenvalue weighted by Gasteiger charge is -2.23. The van der Waals surface area contributed by atoms with Gasteiger partial charge < -0.3 is 5.73 Å². The maximum absolute atomic E-state index is 5.81. The first-order valence-electron chi connectivity index (χ1n) is 4.84. The molecule has 2 rings (SSSR count). The summed E-state index contributed by atoms with van der Waals surface area (Å²) in [6, 6.07) is 3.99. The summed E-state index contributed by atoms with van der Waals surface area (Å²) in [4.78, 5) is 4.07. The fourth-order valence-electron chi connectivity index (χ4n) is 1.83. The summed E-state index contributed by atoms with van der Waals surface area (Å²) in [6.45, 7) is 2.21. The molecule has 1 heterocycles. The van der Waals surface area contributed by atoms with E-state index in [1.165, 1.54) is 12.8 Å². The van der Waals surface area contributed by atoms with Crippen molar-refractivity contribution in [2.75, 3.05) is 5.73 Å². The summed E-state index contributed by atoms with van der Waals surface area (Å²) in [7, 11) is 0. The van der Waals surface area contributed by atoms with Crippen molar-refractivity contribution < 1.29 is 0 Å². The van der Waals surface area contributed by atoms with Gasteiger partial charge in [-0.2, -0.15) is 0 Å². The van der Waals surface area contributed by atoms with Crippen LogP contribution in [0, 0.1) is 5.41 Å². The monoisotopic (exact) mass is 192 g/mol. The minimum atomic E-state index is 0.121. The van der Waals surface area contributed by atoms with Crippen molar-refractivity contribution in [1.82, 2.24) is 10.4 Å². The third-order valence-corrected chi connectivity index (χ3v) is 3.08. The van der Waals surface area contributed by atoms with Gasteiger partial charge in [0, 0.05) is 11.8 Å². The molecule has 1 unspecified atom stereocenters. The number of hydrazine groups is 1. The number of nitrogens with two attached hydrogens (primary N) is 2. The van der Waals surface area contributed by atoms with E-state index < -0.39 is 0 Å². The molecule has 0 radical (unpaired) electrons. The van der Waals surface area contributed by atoms with E-state index in [1.807, 2.05) is 12.1 Å². The third-order valence-electron chi connectivity index (χ3n) is 3.08. The highest BCUT2D eigenvalue weighted by atomic mass is 15.2. The van der Waals surface area contributed by atoms with E-state index in [4.69, 9.17) is 11.6 Å². The molecule has 0 aliphatic heterocycles. The zero-order valence-corrected chi connectivity index (χ0v) is 8.33. The maximum atomic E-state index is 5.81. The van der Waals surface area contributed by atoms with E-state index in [-0.39, 0.29) is 11.5 Å². The van der Waals surface area contributed by atoms with Crippen molar-refractivity contribution in [3.8, 4) is 0 Å². The van der Waals surface area contributed by atoms with Crippen molar-refractivity contribution in [3.05, 3.63) is 23.9 Å². The zero-order valence-electron chi connectivity index (χ0n) is 8.33. The first kappa shape index (κ1) is 9.43. The largest absolute Gasteiger partial charge is 0.383 e. The van der Waals surface area contributed by atoms with Crippen molar-refractivity contribution in [2.24, 2.45) is 11.3 Å². The molecule has 4 heteroatoms. The Hall–Kier alpha value is -1.13. The van der Waals surface area contributed by atoms with Crippen molar-refractivity contribution in [1.29, 1.82) is 0 Å². The molecule has 1 saturated carbocycles. The molecule has 1 aliphatic rings. The Morgan fingerprint density at radius 2 is 2.29 bits per heavy atom. The molecule has 0 bridgehead atoms. The predicted octanol–water partition coefficient (Wildman–Crippen LogP) is 0.968. The number of rotatable bonds is 3. The van der Waals surface area contributed by atoms with Gasteiger partial charge in [0.15, 0.2) is 0 Å². The Bertz CT molecular complexity index is 333. The van der Waals surface area contributed by atoms with Gasteiger partial charge in [0.2, 0.25) is 0 Å². The lowest BCUT2D eigenvalue weighted by molar-refractivity contribution is 0.373. The summed E-state index contributed by atoms with van der Waals surface area (Å²) in [5, 5.41) is 0. The number of nitrogens with one attached hydrogen (secondary N) is 1. The highest BCUT2D eigenvalue weighted by molar-refractivity contribution is 5.42. The van der Waals surface area contributed by atoms with E-state index in [0.29, 0.717) is 5.82 Å². The summed E-state index contributed by atoms with van der Waals surface area (Å²) in [5.41, 5.74) is 9.92. The van der Waals surface area contributed by atoms with Crippen molar-refractivity contribution in [2.45, 2.75) is 25.8 Å². The molecule has 5 N–H and O–H groups in total. The lowest BCUT2D eigenvalue weighted by atomic mass is 9.93. The van der Waals surface area contributed by atoms with Gasteiger partial charge in [0.1, 0.15) is 5.82 Å². The minimum Gasteiger partial charge on any atom is -0.383 e. The van der Waals surface area contributed by atoms with Crippen LogP contribution in [0.4, 0.5) is 5.82 Å². The van der Waals surface area contributed by atoms with Crippen LogP contribution in [-0.4, -0.2) is 4.98 Å². The topological polar surface area (TPSA) is 77.0 Å². The number of hydrogen-bond donors (Lipinski definition) is 3. The predicted molar refractivity (Wildman–Crippen MR) is 56.1 cm³/mol. The second-order valence-electron chi connectivity index (χ2n) is 4.23. The van der Waals surface area contributed by atoms with E-state index in [1.54, 1.807) is 6.20 Å². The molecule has 0 aromatic carbocycles. The molecular formula is C10H16N4. The van der Waals surface area contributed by atoms with E-state index in [2.05, 4.69) is 17.3 Å². The van der Waals surface area contributed by atoms with Crippen LogP contribution in [0.3, 0.4) is 0 Å². The van der Waals surface area contributed by atoms with Gasteiger partial charge in [-0.3, -0.25) is 11.3 Å². The van der Waals surface area contributed by atoms with Crippen LogP contribution in [0.25, 0.3) is 0 Å². The summed E-state index contributed by atoms with van der Waals surface area (Å²) in [5.74, 6) is 6.14. The van der Waals surface area contributed by atoms with E-state index in [9.17, 15) is 0 Å². The smallest absolute Gasteiger partial charge is 0.128 e.